The first-order chi connectivity index (χ1) is 26.4. The van der Waals surface area contributed by atoms with Crippen molar-refractivity contribution in [1.82, 2.24) is 4.90 Å². The maximum absolute atomic E-state index is 12.7. The van der Waals surface area contributed by atoms with Crippen LogP contribution in [0.1, 0.15) is 143 Å². The van der Waals surface area contributed by atoms with Gasteiger partial charge in [0.05, 0.1) is 18.4 Å². The van der Waals surface area contributed by atoms with Crippen LogP contribution in [0, 0.1) is 11.8 Å². The van der Waals surface area contributed by atoms with Crippen LogP contribution in [0.5, 0.6) is 0 Å². The minimum atomic E-state index is -0.963. The predicted molar refractivity (Wildman–Crippen MR) is 207 cm³/mol. The molecule has 14 heteroatoms. The van der Waals surface area contributed by atoms with E-state index in [0.717, 1.165) is 64.3 Å². The van der Waals surface area contributed by atoms with Crippen molar-refractivity contribution in [1.29, 1.82) is 0 Å². The number of methoxy groups -OCH3 is 1. The van der Waals surface area contributed by atoms with E-state index in [4.69, 9.17) is 33.2 Å². The Morgan fingerprint density at radius 1 is 0.545 bits per heavy atom. The molecule has 0 amide bonds. The molecule has 0 aromatic carbocycles. The van der Waals surface area contributed by atoms with Crippen LogP contribution in [-0.4, -0.2) is 114 Å². The second kappa shape index (κ2) is 34.0. The van der Waals surface area contributed by atoms with Gasteiger partial charge >= 0.3 is 29.8 Å². The van der Waals surface area contributed by atoms with E-state index in [1.54, 1.807) is 6.92 Å². The lowest BCUT2D eigenvalue weighted by molar-refractivity contribution is -0.166. The minimum Gasteiger partial charge on any atom is -0.464 e. The lowest BCUT2D eigenvalue weighted by Gasteiger charge is -2.20. The number of carbonyl (C=O) groups excluding carboxylic acids is 6. The summed E-state index contributed by atoms with van der Waals surface area (Å²) in [7, 11) is 5.30. The number of hydrogen-bond donors (Lipinski definition) is 0. The summed E-state index contributed by atoms with van der Waals surface area (Å²) in [6, 6.07) is 0. The minimum absolute atomic E-state index is 0.0230. The van der Waals surface area contributed by atoms with Crippen molar-refractivity contribution in [3.8, 4) is 0 Å². The molecule has 0 rings (SSSR count). The molecular weight excluding hydrogens is 714 g/mol. The van der Waals surface area contributed by atoms with Gasteiger partial charge in [-0.3, -0.25) is 28.8 Å². The highest BCUT2D eigenvalue weighted by Crippen LogP contribution is 2.17. The van der Waals surface area contributed by atoms with E-state index in [0.29, 0.717) is 38.5 Å². The molecule has 0 radical (unpaired) electrons. The lowest BCUT2D eigenvalue weighted by atomic mass is 10.0. The van der Waals surface area contributed by atoms with Crippen molar-refractivity contribution in [2.24, 2.45) is 11.8 Å². The van der Waals surface area contributed by atoms with Crippen LogP contribution in [-0.2, 0) is 61.9 Å². The third kappa shape index (κ3) is 29.7. The first kappa shape index (κ1) is 51.7. The average molecular weight is 788 g/mol. The highest BCUT2D eigenvalue weighted by molar-refractivity contribution is 5.73. The quantitative estimate of drug-likeness (QED) is 0.0291. The Bertz CT molecular complexity index is 1050. The summed E-state index contributed by atoms with van der Waals surface area (Å²) in [6.07, 6.45) is 9.78. The molecule has 0 fully saturated rings. The summed E-state index contributed by atoms with van der Waals surface area (Å²) in [5.74, 6) is -2.75. The number of unbranched alkanes of at least 4 members (excludes halogenated alkanes) is 6. The maximum atomic E-state index is 12.7. The standard InChI is InChI=1S/C41H73NO13/c1-8-10-12-14-19-32(3)40(47)51-29-35(27-49-7)54-37(44)23-16-21-34(53-39(46)25-18-26-42(5)6)22-17-24-38(45)55-36(28-50-31-43)30-52-41(48)33(4)20-15-13-11-9-2/h31-36H,8-30H2,1-7H3. The third-order valence-corrected chi connectivity index (χ3v) is 9.01. The average Bonchev–Trinajstić information content (AvgIpc) is 3.14. The van der Waals surface area contributed by atoms with E-state index in [1.165, 1.54) is 7.11 Å². The zero-order valence-electron chi connectivity index (χ0n) is 35.0. The van der Waals surface area contributed by atoms with Crippen molar-refractivity contribution in [3.63, 3.8) is 0 Å². The summed E-state index contributed by atoms with van der Waals surface area (Å²) < 4.78 is 37.5. The fourth-order valence-corrected chi connectivity index (χ4v) is 5.67. The first-order valence-electron chi connectivity index (χ1n) is 20.5. The van der Waals surface area contributed by atoms with Crippen molar-refractivity contribution in [3.05, 3.63) is 0 Å². The Balaban J connectivity index is 5.08. The molecule has 0 spiro atoms. The fourth-order valence-electron chi connectivity index (χ4n) is 5.67. The van der Waals surface area contributed by atoms with Crippen LogP contribution >= 0.6 is 0 Å². The summed E-state index contributed by atoms with van der Waals surface area (Å²) in [4.78, 5) is 75.9. The van der Waals surface area contributed by atoms with Crippen LogP contribution in [0.2, 0.25) is 0 Å². The van der Waals surface area contributed by atoms with Crippen molar-refractivity contribution >= 4 is 36.3 Å². The number of esters is 5. The largest absolute Gasteiger partial charge is 0.464 e. The van der Waals surface area contributed by atoms with E-state index < -0.39 is 36.2 Å². The zero-order valence-corrected chi connectivity index (χ0v) is 35.0. The molecule has 0 N–H and O–H groups in total. The van der Waals surface area contributed by atoms with E-state index >= 15 is 0 Å². The molecule has 0 saturated heterocycles. The Kier molecular flexibility index (Phi) is 32.0. The topological polar surface area (TPSA) is 170 Å². The lowest BCUT2D eigenvalue weighted by Crippen LogP contribution is -2.31. The monoisotopic (exact) mass is 788 g/mol. The molecular formula is C41H73NO13. The van der Waals surface area contributed by atoms with Gasteiger partial charge in [0.2, 0.25) is 0 Å². The van der Waals surface area contributed by atoms with Gasteiger partial charge in [0, 0.05) is 26.4 Å². The number of carbonyl (C=O) groups is 6. The molecule has 0 aromatic rings. The van der Waals surface area contributed by atoms with Crippen molar-refractivity contribution in [2.75, 3.05) is 54.2 Å². The van der Waals surface area contributed by atoms with E-state index in [9.17, 15) is 28.8 Å². The summed E-state index contributed by atoms with van der Waals surface area (Å²) in [5.41, 5.74) is 0. The highest BCUT2D eigenvalue weighted by Gasteiger charge is 2.23. The van der Waals surface area contributed by atoms with Crippen LogP contribution in [0.25, 0.3) is 0 Å². The second-order valence-corrected chi connectivity index (χ2v) is 14.7. The van der Waals surface area contributed by atoms with Gasteiger partial charge in [0.15, 0.2) is 12.2 Å². The second-order valence-electron chi connectivity index (χ2n) is 14.7. The number of ether oxygens (including phenoxy) is 7. The molecule has 0 heterocycles. The SMILES string of the molecule is CCCCCCC(C)C(=O)OCC(COC)OC(=O)CCCC(CCCC(=O)OC(COC=O)COC(=O)C(C)CCCCCC)OC(=O)CCCN(C)C. The number of nitrogens with zero attached hydrogens (tertiary/aromatic N) is 1. The van der Waals surface area contributed by atoms with Gasteiger partial charge in [-0.05, 0) is 65.6 Å². The summed E-state index contributed by atoms with van der Waals surface area (Å²) in [5, 5.41) is 0. The van der Waals surface area contributed by atoms with Gasteiger partial charge in [0.1, 0.15) is 25.9 Å². The molecule has 320 valence electrons. The smallest absolute Gasteiger partial charge is 0.308 e. The van der Waals surface area contributed by atoms with E-state index in [-0.39, 0.29) is 75.9 Å². The molecule has 5 unspecified atom stereocenters. The van der Waals surface area contributed by atoms with Gasteiger partial charge in [-0.15, -0.1) is 0 Å². The molecule has 0 bridgehead atoms. The molecule has 0 aliphatic carbocycles. The Morgan fingerprint density at radius 3 is 1.40 bits per heavy atom. The van der Waals surface area contributed by atoms with Gasteiger partial charge < -0.3 is 38.1 Å². The first-order valence-corrected chi connectivity index (χ1v) is 20.5. The van der Waals surface area contributed by atoms with Gasteiger partial charge in [0.25, 0.3) is 6.47 Å². The van der Waals surface area contributed by atoms with Gasteiger partial charge in [-0.25, -0.2) is 0 Å². The molecule has 0 aliphatic heterocycles. The van der Waals surface area contributed by atoms with Crippen LogP contribution in [0.3, 0.4) is 0 Å². The Labute approximate surface area is 330 Å². The van der Waals surface area contributed by atoms with Crippen LogP contribution in [0.15, 0.2) is 0 Å². The molecule has 0 saturated carbocycles. The van der Waals surface area contributed by atoms with Crippen molar-refractivity contribution in [2.45, 2.75) is 162 Å². The zero-order chi connectivity index (χ0) is 41.3. The predicted octanol–water partition coefficient (Wildman–Crippen LogP) is 6.52. The molecule has 0 aliphatic rings. The molecule has 5 atom stereocenters. The summed E-state index contributed by atoms with van der Waals surface area (Å²) in [6.45, 7) is 8.28. The van der Waals surface area contributed by atoms with E-state index in [2.05, 4.69) is 13.8 Å². The van der Waals surface area contributed by atoms with Crippen molar-refractivity contribution < 1.29 is 61.9 Å². The Hall–Kier alpha value is -3.26. The van der Waals surface area contributed by atoms with Gasteiger partial charge in [-0.1, -0.05) is 79.1 Å². The summed E-state index contributed by atoms with van der Waals surface area (Å²) >= 11 is 0. The normalized spacial score (nSPS) is 13.9. The third-order valence-electron chi connectivity index (χ3n) is 9.01. The van der Waals surface area contributed by atoms with Crippen LogP contribution in [0.4, 0.5) is 0 Å². The number of rotatable bonds is 36. The Morgan fingerprint density at radius 2 is 0.982 bits per heavy atom. The van der Waals surface area contributed by atoms with E-state index in [1.807, 2.05) is 25.9 Å². The molecule has 55 heavy (non-hydrogen) atoms. The maximum Gasteiger partial charge on any atom is 0.308 e. The van der Waals surface area contributed by atoms with Crippen LogP contribution < -0.4 is 0 Å². The highest BCUT2D eigenvalue weighted by atomic mass is 16.6. The van der Waals surface area contributed by atoms with Gasteiger partial charge in [-0.2, -0.15) is 0 Å². The molecule has 14 nitrogen and oxygen atoms in total. The fraction of sp³-hybridized carbons (Fsp3) is 0.854. The number of hydrogen-bond acceptors (Lipinski definition) is 14. The molecule has 0 aromatic heterocycles.